The SMILES string of the molecule is O=C(COCc1nc2ccccc2s1)OCCN1C(=O)c2ccccc2C1=O. The van der Waals surface area contributed by atoms with Crippen molar-refractivity contribution in [2.24, 2.45) is 0 Å². The predicted octanol–water partition coefficient (Wildman–Crippen LogP) is 2.65. The lowest BCUT2D eigenvalue weighted by Gasteiger charge is -2.13. The Balaban J connectivity index is 1.21. The Labute approximate surface area is 164 Å². The minimum Gasteiger partial charge on any atom is -0.462 e. The van der Waals surface area contributed by atoms with Crippen molar-refractivity contribution in [1.82, 2.24) is 9.88 Å². The number of rotatable bonds is 7. The molecule has 1 aliphatic rings. The van der Waals surface area contributed by atoms with Gasteiger partial charge in [-0.1, -0.05) is 24.3 Å². The summed E-state index contributed by atoms with van der Waals surface area (Å²) in [6.45, 7) is -0.0738. The van der Waals surface area contributed by atoms with Gasteiger partial charge in [0.2, 0.25) is 0 Å². The summed E-state index contributed by atoms with van der Waals surface area (Å²) < 4.78 is 11.5. The largest absolute Gasteiger partial charge is 0.462 e. The molecule has 28 heavy (non-hydrogen) atoms. The summed E-state index contributed by atoms with van der Waals surface area (Å²) in [6.07, 6.45) is 0. The number of amides is 2. The van der Waals surface area contributed by atoms with E-state index in [2.05, 4.69) is 4.98 Å². The molecule has 8 heteroatoms. The summed E-state index contributed by atoms with van der Waals surface area (Å²) in [6, 6.07) is 14.4. The normalized spacial score (nSPS) is 13.2. The number of benzene rings is 2. The van der Waals surface area contributed by atoms with Crippen molar-refractivity contribution in [2.75, 3.05) is 19.8 Å². The highest BCUT2D eigenvalue weighted by molar-refractivity contribution is 7.18. The lowest BCUT2D eigenvalue weighted by Crippen LogP contribution is -2.33. The van der Waals surface area contributed by atoms with Gasteiger partial charge < -0.3 is 9.47 Å². The van der Waals surface area contributed by atoms with E-state index < -0.39 is 5.97 Å². The van der Waals surface area contributed by atoms with Crippen molar-refractivity contribution >= 4 is 39.3 Å². The molecule has 0 unspecified atom stereocenters. The molecule has 0 fully saturated rings. The fourth-order valence-electron chi connectivity index (χ4n) is 2.94. The Bertz CT molecular complexity index is 993. The average molecular weight is 396 g/mol. The van der Waals surface area contributed by atoms with Crippen molar-refractivity contribution in [3.8, 4) is 0 Å². The number of carbonyl (C=O) groups excluding carboxylic acids is 3. The number of fused-ring (bicyclic) bond motifs is 2. The number of nitrogens with zero attached hydrogens (tertiary/aromatic N) is 2. The maximum Gasteiger partial charge on any atom is 0.332 e. The van der Waals surface area contributed by atoms with Gasteiger partial charge in [0.15, 0.2) is 0 Å². The zero-order valence-corrected chi connectivity index (χ0v) is 15.6. The Hall–Kier alpha value is -3.10. The Morgan fingerprint density at radius 1 is 1.00 bits per heavy atom. The molecular weight excluding hydrogens is 380 g/mol. The summed E-state index contributed by atoms with van der Waals surface area (Å²) in [4.78, 5) is 41.8. The van der Waals surface area contributed by atoms with Crippen LogP contribution in [-0.4, -0.2) is 47.4 Å². The molecule has 3 aromatic rings. The Kier molecular flexibility index (Phi) is 5.14. The Morgan fingerprint density at radius 2 is 1.68 bits per heavy atom. The van der Waals surface area contributed by atoms with Gasteiger partial charge in [0.1, 0.15) is 18.2 Å². The first-order valence-corrected chi connectivity index (χ1v) is 9.48. The smallest absolute Gasteiger partial charge is 0.332 e. The van der Waals surface area contributed by atoms with Crippen LogP contribution in [0.5, 0.6) is 0 Å². The Morgan fingerprint density at radius 3 is 2.39 bits per heavy atom. The van der Waals surface area contributed by atoms with E-state index in [1.165, 1.54) is 11.3 Å². The first-order valence-electron chi connectivity index (χ1n) is 8.66. The second kappa shape index (κ2) is 7.87. The number of aromatic nitrogens is 1. The lowest BCUT2D eigenvalue weighted by atomic mass is 10.1. The third-order valence-electron chi connectivity index (χ3n) is 4.24. The number of carbonyl (C=O) groups is 3. The highest BCUT2D eigenvalue weighted by Crippen LogP contribution is 2.23. The molecule has 0 saturated carbocycles. The van der Waals surface area contributed by atoms with E-state index in [9.17, 15) is 14.4 Å². The third kappa shape index (κ3) is 3.64. The molecule has 1 aliphatic heterocycles. The molecule has 7 nitrogen and oxygen atoms in total. The van der Waals surface area contributed by atoms with E-state index >= 15 is 0 Å². The van der Waals surface area contributed by atoms with E-state index in [0.717, 1.165) is 20.1 Å². The standard InChI is InChI=1S/C20H16N2O5S/c23-18(12-26-11-17-21-15-7-3-4-8-16(15)28-17)27-10-9-22-19(24)13-5-1-2-6-14(13)20(22)25/h1-8H,9-12H2. The van der Waals surface area contributed by atoms with Crippen LogP contribution in [0.1, 0.15) is 25.7 Å². The second-order valence-electron chi connectivity index (χ2n) is 6.10. The van der Waals surface area contributed by atoms with E-state index in [-0.39, 0.29) is 38.2 Å². The number of thiazole rings is 1. The molecule has 2 aromatic carbocycles. The van der Waals surface area contributed by atoms with Gasteiger partial charge in [0.25, 0.3) is 11.8 Å². The maximum atomic E-state index is 12.2. The van der Waals surface area contributed by atoms with Crippen molar-refractivity contribution in [2.45, 2.75) is 6.61 Å². The van der Waals surface area contributed by atoms with Gasteiger partial charge >= 0.3 is 5.97 Å². The summed E-state index contributed by atoms with van der Waals surface area (Å²) in [5.74, 6) is -1.30. The number of hydrogen-bond acceptors (Lipinski definition) is 7. The van der Waals surface area contributed by atoms with Crippen molar-refractivity contribution in [1.29, 1.82) is 0 Å². The van der Waals surface area contributed by atoms with Crippen molar-refractivity contribution in [3.63, 3.8) is 0 Å². The molecule has 0 atom stereocenters. The van der Waals surface area contributed by atoms with Gasteiger partial charge in [-0.25, -0.2) is 9.78 Å². The van der Waals surface area contributed by atoms with Crippen LogP contribution < -0.4 is 0 Å². The lowest BCUT2D eigenvalue weighted by molar-refractivity contribution is -0.149. The molecule has 4 rings (SSSR count). The molecule has 0 N–H and O–H groups in total. The molecular formula is C20H16N2O5S. The van der Waals surface area contributed by atoms with Gasteiger partial charge in [0, 0.05) is 0 Å². The molecule has 0 saturated heterocycles. The highest BCUT2D eigenvalue weighted by Gasteiger charge is 2.34. The summed E-state index contributed by atoms with van der Waals surface area (Å²) in [7, 11) is 0. The quantitative estimate of drug-likeness (QED) is 0.451. The average Bonchev–Trinajstić information content (AvgIpc) is 3.22. The topological polar surface area (TPSA) is 85.8 Å². The maximum absolute atomic E-state index is 12.2. The van der Waals surface area contributed by atoms with Gasteiger partial charge in [0.05, 0.1) is 34.5 Å². The summed E-state index contributed by atoms with van der Waals surface area (Å²) in [5, 5.41) is 0.778. The number of esters is 1. The second-order valence-corrected chi connectivity index (χ2v) is 7.21. The predicted molar refractivity (Wildman–Crippen MR) is 102 cm³/mol. The van der Waals surface area contributed by atoms with E-state index in [0.29, 0.717) is 11.1 Å². The minimum absolute atomic E-state index is 0.00988. The van der Waals surface area contributed by atoms with Crippen LogP contribution in [0.4, 0.5) is 0 Å². The molecule has 2 heterocycles. The zero-order valence-electron chi connectivity index (χ0n) is 14.8. The summed E-state index contributed by atoms with van der Waals surface area (Å²) >= 11 is 1.51. The highest BCUT2D eigenvalue weighted by atomic mass is 32.1. The van der Waals surface area contributed by atoms with Crippen LogP contribution in [0.2, 0.25) is 0 Å². The molecule has 0 radical (unpaired) electrons. The molecule has 142 valence electrons. The van der Waals surface area contributed by atoms with Crippen molar-refractivity contribution < 1.29 is 23.9 Å². The van der Waals surface area contributed by atoms with Crippen LogP contribution in [0.25, 0.3) is 10.2 Å². The van der Waals surface area contributed by atoms with Crippen LogP contribution in [-0.2, 0) is 20.9 Å². The zero-order chi connectivity index (χ0) is 19.5. The first kappa shape index (κ1) is 18.3. The van der Waals surface area contributed by atoms with Crippen LogP contribution >= 0.6 is 11.3 Å². The number of hydrogen-bond donors (Lipinski definition) is 0. The van der Waals surface area contributed by atoms with E-state index in [1.807, 2.05) is 24.3 Å². The molecule has 0 aliphatic carbocycles. The molecule has 1 aromatic heterocycles. The number of imide groups is 1. The van der Waals surface area contributed by atoms with Crippen LogP contribution in [0.3, 0.4) is 0 Å². The fraction of sp³-hybridized carbons (Fsp3) is 0.200. The van der Waals surface area contributed by atoms with Gasteiger partial charge in [-0.15, -0.1) is 11.3 Å². The first-order chi connectivity index (χ1) is 13.6. The fourth-order valence-corrected chi connectivity index (χ4v) is 3.84. The van der Waals surface area contributed by atoms with Crippen molar-refractivity contribution in [3.05, 3.63) is 64.7 Å². The molecule has 2 amide bonds. The monoisotopic (exact) mass is 396 g/mol. The van der Waals surface area contributed by atoms with Crippen LogP contribution in [0, 0.1) is 0 Å². The van der Waals surface area contributed by atoms with E-state index in [4.69, 9.17) is 9.47 Å². The number of ether oxygens (including phenoxy) is 2. The van der Waals surface area contributed by atoms with Gasteiger partial charge in [-0.2, -0.15) is 0 Å². The minimum atomic E-state index is -0.558. The van der Waals surface area contributed by atoms with Gasteiger partial charge in [-0.05, 0) is 24.3 Å². The van der Waals surface area contributed by atoms with Gasteiger partial charge in [-0.3, -0.25) is 14.5 Å². The molecule has 0 spiro atoms. The summed E-state index contributed by atoms with van der Waals surface area (Å²) in [5.41, 5.74) is 1.64. The number of para-hydroxylation sites is 1. The van der Waals surface area contributed by atoms with E-state index in [1.54, 1.807) is 24.3 Å². The van der Waals surface area contributed by atoms with Crippen LogP contribution in [0.15, 0.2) is 48.5 Å². The third-order valence-corrected chi connectivity index (χ3v) is 5.25. The molecule has 0 bridgehead atoms.